The van der Waals surface area contributed by atoms with Gasteiger partial charge in [0, 0.05) is 12.6 Å². The molecule has 1 aliphatic rings. The highest BCUT2D eigenvalue weighted by Gasteiger charge is 2.20. The summed E-state index contributed by atoms with van der Waals surface area (Å²) in [5.74, 6) is 0.717. The maximum atomic E-state index is 13.1. The second kappa shape index (κ2) is 5.63. The minimum absolute atomic E-state index is 0.113. The van der Waals surface area contributed by atoms with Gasteiger partial charge in [-0.2, -0.15) is 0 Å². The van der Waals surface area contributed by atoms with E-state index in [4.69, 9.17) is 0 Å². The lowest BCUT2D eigenvalue weighted by Crippen LogP contribution is -2.31. The van der Waals surface area contributed by atoms with Crippen LogP contribution in [0.25, 0.3) is 0 Å². The van der Waals surface area contributed by atoms with Gasteiger partial charge in [-0.1, -0.05) is 25.0 Å². The smallest absolute Gasteiger partial charge is 0.126 e. The van der Waals surface area contributed by atoms with Crippen molar-refractivity contribution in [3.63, 3.8) is 0 Å². The fraction of sp³-hybridized carbons (Fsp3) is 0.600. The first-order chi connectivity index (χ1) is 8.16. The van der Waals surface area contributed by atoms with Gasteiger partial charge >= 0.3 is 0 Å². The third-order valence-corrected chi connectivity index (χ3v) is 3.96. The molecule has 1 fully saturated rings. The van der Waals surface area contributed by atoms with Gasteiger partial charge < -0.3 is 5.32 Å². The predicted molar refractivity (Wildman–Crippen MR) is 69.4 cm³/mol. The Bertz CT molecular complexity index is 369. The summed E-state index contributed by atoms with van der Waals surface area (Å²) in [5, 5.41) is 3.57. The van der Waals surface area contributed by atoms with E-state index in [0.29, 0.717) is 6.04 Å². The van der Waals surface area contributed by atoms with Crippen molar-refractivity contribution in [3.8, 4) is 0 Å². The molecule has 17 heavy (non-hydrogen) atoms. The second-order valence-electron chi connectivity index (χ2n) is 5.30. The van der Waals surface area contributed by atoms with Crippen LogP contribution in [0.1, 0.15) is 43.7 Å². The number of hydrogen-bond donors (Lipinski definition) is 1. The van der Waals surface area contributed by atoms with Gasteiger partial charge in [0.2, 0.25) is 0 Å². The zero-order valence-corrected chi connectivity index (χ0v) is 10.8. The van der Waals surface area contributed by atoms with Crippen LogP contribution >= 0.6 is 0 Å². The molecule has 0 aliphatic heterocycles. The van der Waals surface area contributed by atoms with Crippen LogP contribution in [0.2, 0.25) is 0 Å². The summed E-state index contributed by atoms with van der Waals surface area (Å²) in [6.45, 7) is 4.93. The molecule has 0 radical (unpaired) electrons. The van der Waals surface area contributed by atoms with Crippen LogP contribution in [0, 0.1) is 18.7 Å². The zero-order chi connectivity index (χ0) is 12.3. The Hall–Kier alpha value is -0.890. The van der Waals surface area contributed by atoms with Crippen molar-refractivity contribution in [1.29, 1.82) is 0 Å². The van der Waals surface area contributed by atoms with Crippen molar-refractivity contribution >= 4 is 0 Å². The Labute approximate surface area is 103 Å². The molecule has 1 aromatic rings. The summed E-state index contributed by atoms with van der Waals surface area (Å²) in [7, 11) is 0. The van der Waals surface area contributed by atoms with Gasteiger partial charge in [-0.15, -0.1) is 0 Å². The van der Waals surface area contributed by atoms with Gasteiger partial charge in [-0.05, 0) is 49.8 Å². The molecule has 2 rings (SSSR count). The van der Waals surface area contributed by atoms with E-state index in [1.807, 2.05) is 19.1 Å². The van der Waals surface area contributed by atoms with Crippen molar-refractivity contribution in [1.82, 2.24) is 5.32 Å². The molecule has 2 heteroatoms. The topological polar surface area (TPSA) is 12.0 Å². The molecule has 1 aliphatic carbocycles. The summed E-state index contributed by atoms with van der Waals surface area (Å²) in [4.78, 5) is 0. The van der Waals surface area contributed by atoms with Gasteiger partial charge in [0.05, 0.1) is 0 Å². The monoisotopic (exact) mass is 235 g/mol. The van der Waals surface area contributed by atoms with Crippen LogP contribution in [-0.2, 0) is 6.54 Å². The molecule has 0 unspecified atom stereocenters. The number of hydrogen-bond acceptors (Lipinski definition) is 1. The normalized spacial score (nSPS) is 18.5. The predicted octanol–water partition coefficient (Wildman–Crippen LogP) is 3.80. The average Bonchev–Trinajstić information content (AvgIpc) is 2.84. The highest BCUT2D eigenvalue weighted by atomic mass is 19.1. The number of benzene rings is 1. The Balaban J connectivity index is 1.86. The maximum Gasteiger partial charge on any atom is 0.126 e. The number of nitrogens with one attached hydrogen (secondary N) is 1. The summed E-state index contributed by atoms with van der Waals surface area (Å²) in [6.07, 6.45) is 5.48. The first-order valence-electron chi connectivity index (χ1n) is 6.65. The Kier molecular flexibility index (Phi) is 4.16. The number of rotatable bonds is 4. The third-order valence-electron chi connectivity index (χ3n) is 3.96. The zero-order valence-electron chi connectivity index (χ0n) is 10.8. The van der Waals surface area contributed by atoms with E-state index in [2.05, 4.69) is 12.2 Å². The molecular weight excluding hydrogens is 213 g/mol. The molecule has 0 saturated heterocycles. The molecule has 0 amide bonds. The maximum absolute atomic E-state index is 13.1. The van der Waals surface area contributed by atoms with E-state index >= 15 is 0 Å². The Morgan fingerprint density at radius 3 is 2.71 bits per heavy atom. The highest BCUT2D eigenvalue weighted by molar-refractivity contribution is 5.23. The first-order valence-corrected chi connectivity index (χ1v) is 6.65. The Morgan fingerprint density at radius 1 is 1.35 bits per heavy atom. The lowest BCUT2D eigenvalue weighted by atomic mass is 9.99. The quantitative estimate of drug-likeness (QED) is 0.837. The van der Waals surface area contributed by atoms with Crippen LogP contribution in [0.5, 0.6) is 0 Å². The van der Waals surface area contributed by atoms with Crippen molar-refractivity contribution < 1.29 is 4.39 Å². The summed E-state index contributed by atoms with van der Waals surface area (Å²) in [5.41, 5.74) is 1.91. The lowest BCUT2D eigenvalue weighted by molar-refractivity contribution is 0.380. The number of halogens is 1. The van der Waals surface area contributed by atoms with E-state index in [0.717, 1.165) is 18.0 Å². The minimum atomic E-state index is -0.113. The van der Waals surface area contributed by atoms with Gasteiger partial charge in [-0.25, -0.2) is 4.39 Å². The molecule has 0 heterocycles. The summed E-state index contributed by atoms with van der Waals surface area (Å²) in [6, 6.07) is 5.94. The minimum Gasteiger partial charge on any atom is -0.310 e. The average molecular weight is 235 g/mol. The van der Waals surface area contributed by atoms with E-state index in [1.54, 1.807) is 6.07 Å². The highest BCUT2D eigenvalue weighted by Crippen LogP contribution is 2.27. The van der Waals surface area contributed by atoms with Crippen LogP contribution in [-0.4, -0.2) is 6.04 Å². The second-order valence-corrected chi connectivity index (χ2v) is 5.30. The SMILES string of the molecule is Cc1cc(CN[C@H](C)C2CCCC2)ccc1F. The Morgan fingerprint density at radius 2 is 2.06 bits per heavy atom. The fourth-order valence-electron chi connectivity index (χ4n) is 2.72. The molecule has 1 saturated carbocycles. The molecule has 0 spiro atoms. The summed E-state index contributed by atoms with van der Waals surface area (Å²) < 4.78 is 13.1. The van der Waals surface area contributed by atoms with Crippen molar-refractivity contribution in [3.05, 3.63) is 35.1 Å². The van der Waals surface area contributed by atoms with Crippen molar-refractivity contribution in [2.45, 2.75) is 52.1 Å². The van der Waals surface area contributed by atoms with Crippen LogP contribution in [0.4, 0.5) is 4.39 Å². The van der Waals surface area contributed by atoms with Crippen LogP contribution in [0.3, 0.4) is 0 Å². The number of aryl methyl sites for hydroxylation is 1. The van der Waals surface area contributed by atoms with Gasteiger partial charge in [-0.3, -0.25) is 0 Å². The largest absolute Gasteiger partial charge is 0.310 e. The standard InChI is InChI=1S/C15H22FN/c1-11-9-13(7-8-15(11)16)10-17-12(2)14-5-3-4-6-14/h7-9,12,14,17H,3-6,10H2,1-2H3/t12-/m1/s1. The fourth-order valence-corrected chi connectivity index (χ4v) is 2.72. The summed E-state index contributed by atoms with van der Waals surface area (Å²) >= 11 is 0. The van der Waals surface area contributed by atoms with Crippen molar-refractivity contribution in [2.24, 2.45) is 5.92 Å². The molecule has 94 valence electrons. The molecule has 1 atom stereocenters. The molecular formula is C15H22FN. The van der Waals surface area contributed by atoms with E-state index in [-0.39, 0.29) is 5.82 Å². The lowest BCUT2D eigenvalue weighted by Gasteiger charge is -2.20. The van der Waals surface area contributed by atoms with Gasteiger partial charge in [0.15, 0.2) is 0 Å². The molecule has 1 N–H and O–H groups in total. The van der Waals surface area contributed by atoms with E-state index in [9.17, 15) is 4.39 Å². The van der Waals surface area contributed by atoms with Crippen LogP contribution in [0.15, 0.2) is 18.2 Å². The molecule has 1 aromatic carbocycles. The molecule has 0 bridgehead atoms. The first kappa shape index (κ1) is 12.6. The molecule has 1 nitrogen and oxygen atoms in total. The van der Waals surface area contributed by atoms with E-state index in [1.165, 1.54) is 31.2 Å². The molecule has 0 aromatic heterocycles. The van der Waals surface area contributed by atoms with Crippen molar-refractivity contribution in [2.75, 3.05) is 0 Å². The third kappa shape index (κ3) is 3.29. The van der Waals surface area contributed by atoms with Gasteiger partial charge in [0.1, 0.15) is 5.82 Å². The van der Waals surface area contributed by atoms with Crippen LogP contribution < -0.4 is 5.32 Å². The van der Waals surface area contributed by atoms with E-state index < -0.39 is 0 Å². The van der Waals surface area contributed by atoms with Gasteiger partial charge in [0.25, 0.3) is 0 Å².